The molecule has 3 saturated carbocycles. The van der Waals surface area contributed by atoms with Gasteiger partial charge < -0.3 is 19.7 Å². The minimum atomic E-state index is -2.94. The van der Waals surface area contributed by atoms with Crippen LogP contribution < -0.4 is 15.4 Å². The van der Waals surface area contributed by atoms with E-state index in [-0.39, 0.29) is 34.7 Å². The van der Waals surface area contributed by atoms with Gasteiger partial charge >= 0.3 is 6.03 Å². The van der Waals surface area contributed by atoms with E-state index in [4.69, 9.17) is 9.53 Å². The first-order chi connectivity index (χ1) is 24.2. The van der Waals surface area contributed by atoms with Crippen LogP contribution in [0, 0.1) is 17.2 Å². The highest BCUT2D eigenvalue weighted by molar-refractivity contribution is 6.00. The molecule has 2 aromatic rings. The van der Waals surface area contributed by atoms with E-state index >= 15 is 4.39 Å². The largest absolute Gasteiger partial charge is 0.490 e. The third-order valence-electron chi connectivity index (χ3n) is 12.3. The molecule has 5 aliphatic rings. The van der Waals surface area contributed by atoms with Crippen molar-refractivity contribution in [1.29, 1.82) is 0 Å². The Morgan fingerprint density at radius 2 is 1.75 bits per heavy atom. The van der Waals surface area contributed by atoms with Crippen molar-refractivity contribution >= 4 is 24.5 Å². The molecule has 3 amide bonds. The number of ether oxygens (including phenoxy) is 1. The van der Waals surface area contributed by atoms with Crippen molar-refractivity contribution < 1.29 is 37.1 Å². The van der Waals surface area contributed by atoms with Crippen LogP contribution >= 0.6 is 0 Å². The maximum Gasteiger partial charge on any atom is 0.324 e. The van der Waals surface area contributed by atoms with E-state index in [0.717, 1.165) is 69.2 Å². The number of rotatable bonds is 9. The lowest BCUT2D eigenvalue weighted by Crippen LogP contribution is -2.62. The number of carbonyl (C=O) groups excluding carboxylic acids is 4. The van der Waals surface area contributed by atoms with Crippen LogP contribution in [0.1, 0.15) is 108 Å². The summed E-state index contributed by atoms with van der Waals surface area (Å²) in [6.45, 7) is 6.77. The maximum atomic E-state index is 15.5. The maximum absolute atomic E-state index is 15.5. The third-order valence-corrected chi connectivity index (χ3v) is 12.3. The summed E-state index contributed by atoms with van der Waals surface area (Å²) in [7, 11) is 0. The number of Topliss-reactive ketones (excluding diaryl/α,β-unsaturated/α-hetero) is 1. The number of benzene rings is 2. The van der Waals surface area contributed by atoms with Gasteiger partial charge in [0.25, 0.3) is 5.92 Å². The smallest absolute Gasteiger partial charge is 0.324 e. The fraction of sp³-hybridized carbons (Fsp3) is 0.600. The summed E-state index contributed by atoms with van der Waals surface area (Å²) in [6, 6.07) is 9.65. The molecule has 51 heavy (non-hydrogen) atoms. The van der Waals surface area contributed by atoms with Gasteiger partial charge in [0, 0.05) is 29.5 Å². The van der Waals surface area contributed by atoms with E-state index in [9.17, 15) is 23.2 Å². The zero-order chi connectivity index (χ0) is 36.8. The van der Waals surface area contributed by atoms with Gasteiger partial charge in [-0.15, -0.1) is 0 Å². The van der Waals surface area contributed by atoms with Gasteiger partial charge in [0.1, 0.15) is 24.1 Å². The molecule has 1 spiro atoms. The van der Waals surface area contributed by atoms with Crippen LogP contribution in [0.25, 0.3) is 11.1 Å². The Kier molecular flexibility index (Phi) is 10.2. The Hall–Kier alpha value is -3.73. The minimum Gasteiger partial charge on any atom is -0.490 e. The first-order valence-corrected chi connectivity index (χ1v) is 18.3. The van der Waals surface area contributed by atoms with Gasteiger partial charge in [0.2, 0.25) is 5.91 Å². The molecule has 2 aromatic carbocycles. The molecule has 3 aliphatic carbocycles. The minimum absolute atomic E-state index is 0.0867. The molecule has 2 saturated heterocycles. The molecular weight excluding hydrogens is 659 g/mol. The van der Waals surface area contributed by atoms with Crippen molar-refractivity contribution in [3.63, 3.8) is 0 Å². The summed E-state index contributed by atoms with van der Waals surface area (Å²) in [5.74, 6) is -2.59. The second-order valence-corrected chi connectivity index (χ2v) is 16.4. The van der Waals surface area contributed by atoms with E-state index in [1.165, 1.54) is 12.5 Å². The molecule has 2 N–H and O–H groups in total. The first kappa shape index (κ1) is 37.0. The Balaban J connectivity index is 0.00000220. The number of alkyl halides is 2. The van der Waals surface area contributed by atoms with Crippen LogP contribution in [0.3, 0.4) is 0 Å². The summed E-state index contributed by atoms with van der Waals surface area (Å²) < 4.78 is 48.9. The van der Waals surface area contributed by atoms with E-state index in [0.29, 0.717) is 40.2 Å². The van der Waals surface area contributed by atoms with Crippen molar-refractivity contribution in [2.45, 2.75) is 120 Å². The van der Waals surface area contributed by atoms with Gasteiger partial charge in [-0.25, -0.2) is 18.0 Å². The predicted molar refractivity (Wildman–Crippen MR) is 187 cm³/mol. The highest BCUT2D eigenvalue weighted by atomic mass is 19.3. The first-order valence-electron chi connectivity index (χ1n) is 18.3. The van der Waals surface area contributed by atoms with Gasteiger partial charge in [0.15, 0.2) is 0 Å². The van der Waals surface area contributed by atoms with E-state index < -0.39 is 36.4 Å². The molecule has 0 radical (unpaired) electrons. The highest BCUT2D eigenvalue weighted by Crippen LogP contribution is 2.49. The lowest BCUT2D eigenvalue weighted by atomic mass is 9.69. The molecule has 8 nitrogen and oxygen atoms in total. The van der Waals surface area contributed by atoms with E-state index in [1.807, 2.05) is 25.0 Å². The molecule has 0 bridgehead atoms. The fourth-order valence-corrected chi connectivity index (χ4v) is 8.65. The van der Waals surface area contributed by atoms with Crippen LogP contribution in [0.4, 0.5) is 18.0 Å². The summed E-state index contributed by atoms with van der Waals surface area (Å²) in [5.41, 5.74) is 1.24. The monoisotopic (exact) mass is 709 g/mol. The molecule has 11 heteroatoms. The van der Waals surface area contributed by atoms with Crippen molar-refractivity contribution in [3.05, 3.63) is 53.3 Å². The normalized spacial score (nSPS) is 26.3. The Labute approximate surface area is 298 Å². The molecule has 2 aliphatic heterocycles. The van der Waals surface area contributed by atoms with Crippen molar-refractivity contribution in [3.8, 4) is 16.9 Å². The second kappa shape index (κ2) is 14.0. The van der Waals surface area contributed by atoms with Crippen molar-refractivity contribution in [2.75, 3.05) is 19.6 Å². The fourth-order valence-electron chi connectivity index (χ4n) is 8.65. The van der Waals surface area contributed by atoms with Crippen molar-refractivity contribution in [2.24, 2.45) is 11.3 Å². The quantitative estimate of drug-likeness (QED) is 0.280. The number of nitrogens with one attached hydrogen (secondary N) is 2. The number of urea groups is 1. The number of amides is 3. The number of ketones is 1. The Morgan fingerprint density at radius 3 is 2.35 bits per heavy atom. The van der Waals surface area contributed by atoms with Crippen LogP contribution in [0.5, 0.6) is 5.75 Å². The topological polar surface area (TPSA) is 105 Å². The number of hydrogen-bond donors (Lipinski definition) is 2. The molecule has 5 fully saturated rings. The molecule has 2 heterocycles. The number of halogens is 3. The molecule has 276 valence electrons. The molecule has 3 atom stereocenters. The Morgan fingerprint density at radius 1 is 1.02 bits per heavy atom. The molecule has 0 aromatic heterocycles. The number of carbonyl (C=O) groups is 4. The zero-order valence-electron chi connectivity index (χ0n) is 29.9. The summed E-state index contributed by atoms with van der Waals surface area (Å²) in [6.07, 6.45) is 10.2. The van der Waals surface area contributed by atoms with Gasteiger partial charge in [-0.05, 0) is 118 Å². The van der Waals surface area contributed by atoms with E-state index in [1.54, 1.807) is 26.0 Å². The summed E-state index contributed by atoms with van der Waals surface area (Å²) >= 11 is 0. The van der Waals surface area contributed by atoms with Crippen LogP contribution in [0.2, 0.25) is 0 Å². The van der Waals surface area contributed by atoms with Crippen LogP contribution in [-0.2, 0) is 19.8 Å². The third kappa shape index (κ3) is 7.32. The van der Waals surface area contributed by atoms with Gasteiger partial charge in [-0.1, -0.05) is 31.5 Å². The van der Waals surface area contributed by atoms with Gasteiger partial charge in [-0.3, -0.25) is 14.9 Å². The lowest BCUT2D eigenvalue weighted by molar-refractivity contribution is -0.128. The number of imide groups is 1. The lowest BCUT2D eigenvalue weighted by Gasteiger charge is -2.39. The molecule has 7 rings (SSSR count). The molecular formula is C40H50F3N3O5. The summed E-state index contributed by atoms with van der Waals surface area (Å²) in [5, 5.41) is 5.95. The Bertz CT molecular complexity index is 1660. The van der Waals surface area contributed by atoms with E-state index in [2.05, 4.69) is 17.6 Å². The van der Waals surface area contributed by atoms with Gasteiger partial charge in [-0.2, -0.15) is 0 Å². The average Bonchev–Trinajstić information content (AvgIpc) is 3.65. The number of likely N-dealkylation sites (tertiary alicyclic amines) is 1. The zero-order valence-corrected chi connectivity index (χ0v) is 29.9. The van der Waals surface area contributed by atoms with Crippen LogP contribution in [-0.4, -0.2) is 66.6 Å². The summed E-state index contributed by atoms with van der Waals surface area (Å²) in [4.78, 5) is 48.4. The predicted octanol–water partition coefficient (Wildman–Crippen LogP) is 7.47. The number of nitrogens with zero attached hydrogens (tertiary/aromatic N) is 1. The highest BCUT2D eigenvalue weighted by Gasteiger charge is 2.52. The standard InChI is InChI=1S/C39H48F3N3O4.CH2O/c1-36(2,34(47)44-35(48)45-22-39(41,42)23-45)26-12-14-31(29(19-26)28-9-5-10-30(40)33(28)25-7-4-8-25)49-27-13-11-24(17-27)18-32(46)37(3)20-38(43-21-37)15-6-16-38;1-2/h5,9-10,12,14,19,24-25,27,43H,4,6-8,11,13,15-18,20-23H2,1-3H3,(H,44,47,48);1H2/t24-,27-,37+;/m1./s1. The van der Waals surface area contributed by atoms with Crippen LogP contribution in [0.15, 0.2) is 36.4 Å². The average molecular weight is 710 g/mol. The van der Waals surface area contributed by atoms with Crippen molar-refractivity contribution in [1.82, 2.24) is 15.5 Å². The molecule has 0 unspecified atom stereocenters. The van der Waals surface area contributed by atoms with Gasteiger partial charge in [0.05, 0.1) is 24.6 Å². The number of hydrogen-bond acceptors (Lipinski definition) is 6. The SMILES string of the molecule is C=O.CC(C)(C(=O)NC(=O)N1CC(F)(F)C1)c1ccc(O[C@@H]2CC[C@@H](CC(=O)[C@]3(C)CNC4(CCC4)C3)C2)c(-c2cccc(F)c2C2CCC2)c1. The second-order valence-electron chi connectivity index (χ2n) is 16.4.